The Balaban J connectivity index is 1.70. The number of nitrogens with two attached hydrogens (primary N) is 1. The lowest BCUT2D eigenvalue weighted by Crippen LogP contribution is -2.64. The van der Waals surface area contributed by atoms with Gasteiger partial charge in [-0.05, 0) is 39.7 Å². The zero-order chi connectivity index (χ0) is 13.5. The van der Waals surface area contributed by atoms with Gasteiger partial charge in [0.2, 0.25) is 0 Å². The second kappa shape index (κ2) is 5.32. The van der Waals surface area contributed by atoms with Gasteiger partial charge in [0.15, 0.2) is 0 Å². The third-order valence-electron chi connectivity index (χ3n) is 5.84. The molecule has 3 rings (SSSR count). The van der Waals surface area contributed by atoms with Crippen molar-refractivity contribution < 1.29 is 0 Å². The maximum atomic E-state index is 6.27. The SMILES string of the molecule is CC(C)N1CCN(C2(CN)CCN3CCCC32)CC1. The van der Waals surface area contributed by atoms with E-state index in [4.69, 9.17) is 5.73 Å². The van der Waals surface area contributed by atoms with Gasteiger partial charge < -0.3 is 5.73 Å². The standard InChI is InChI=1S/C15H30N4/c1-13(2)17-8-10-19(11-9-17)15(12-16)5-7-18-6-3-4-14(15)18/h13-14H,3-12,16H2,1-2H3. The van der Waals surface area contributed by atoms with Crippen molar-refractivity contribution in [2.24, 2.45) is 5.73 Å². The summed E-state index contributed by atoms with van der Waals surface area (Å²) in [6.07, 6.45) is 4.02. The van der Waals surface area contributed by atoms with Crippen molar-refractivity contribution in [2.45, 2.75) is 50.7 Å². The van der Waals surface area contributed by atoms with E-state index in [1.54, 1.807) is 0 Å². The van der Waals surface area contributed by atoms with E-state index in [-0.39, 0.29) is 0 Å². The first kappa shape index (κ1) is 13.8. The highest BCUT2D eigenvalue weighted by molar-refractivity contribution is 5.10. The minimum atomic E-state index is 0.291. The summed E-state index contributed by atoms with van der Waals surface area (Å²) in [5.74, 6) is 0. The van der Waals surface area contributed by atoms with Crippen molar-refractivity contribution in [3.05, 3.63) is 0 Å². The van der Waals surface area contributed by atoms with Gasteiger partial charge in [0.1, 0.15) is 0 Å². The molecule has 3 saturated heterocycles. The van der Waals surface area contributed by atoms with Gasteiger partial charge in [0.25, 0.3) is 0 Å². The fourth-order valence-corrected chi connectivity index (χ4v) is 4.63. The number of hydrogen-bond donors (Lipinski definition) is 1. The highest BCUT2D eigenvalue weighted by Crippen LogP contribution is 2.40. The molecule has 110 valence electrons. The van der Waals surface area contributed by atoms with Crippen LogP contribution in [0.15, 0.2) is 0 Å². The monoisotopic (exact) mass is 266 g/mol. The van der Waals surface area contributed by atoms with Crippen LogP contribution < -0.4 is 5.73 Å². The van der Waals surface area contributed by atoms with E-state index in [2.05, 4.69) is 28.5 Å². The molecule has 0 bridgehead atoms. The lowest BCUT2D eigenvalue weighted by molar-refractivity contribution is 0.0110. The first-order chi connectivity index (χ1) is 9.17. The molecule has 3 heterocycles. The first-order valence-electron chi connectivity index (χ1n) is 8.10. The Labute approximate surface area is 117 Å². The summed E-state index contributed by atoms with van der Waals surface area (Å²) in [6.45, 7) is 12.9. The quantitative estimate of drug-likeness (QED) is 0.810. The molecule has 3 fully saturated rings. The Hall–Kier alpha value is -0.160. The second-order valence-corrected chi connectivity index (χ2v) is 6.87. The van der Waals surface area contributed by atoms with E-state index in [0.717, 1.165) is 12.6 Å². The topological polar surface area (TPSA) is 35.7 Å². The molecule has 0 aliphatic carbocycles. The van der Waals surface area contributed by atoms with Gasteiger partial charge in [-0.3, -0.25) is 14.7 Å². The maximum Gasteiger partial charge on any atom is 0.0499 e. The molecule has 19 heavy (non-hydrogen) atoms. The van der Waals surface area contributed by atoms with Gasteiger partial charge in [-0.1, -0.05) is 0 Å². The van der Waals surface area contributed by atoms with Gasteiger partial charge in [0, 0.05) is 56.9 Å². The Morgan fingerprint density at radius 3 is 2.47 bits per heavy atom. The molecule has 2 atom stereocenters. The third kappa shape index (κ3) is 2.23. The Kier molecular flexibility index (Phi) is 3.87. The molecule has 0 aromatic rings. The summed E-state index contributed by atoms with van der Waals surface area (Å²) in [4.78, 5) is 8.03. The summed E-state index contributed by atoms with van der Waals surface area (Å²) >= 11 is 0. The summed E-state index contributed by atoms with van der Waals surface area (Å²) in [6, 6.07) is 1.42. The third-order valence-corrected chi connectivity index (χ3v) is 5.84. The van der Waals surface area contributed by atoms with Crippen LogP contribution in [-0.2, 0) is 0 Å². The lowest BCUT2D eigenvalue weighted by atomic mass is 9.86. The van der Waals surface area contributed by atoms with Crippen molar-refractivity contribution in [3.63, 3.8) is 0 Å². The number of nitrogens with zero attached hydrogens (tertiary/aromatic N) is 3. The molecule has 0 spiro atoms. The number of fused-ring (bicyclic) bond motifs is 1. The van der Waals surface area contributed by atoms with Gasteiger partial charge in [-0.15, -0.1) is 0 Å². The molecule has 0 saturated carbocycles. The molecular weight excluding hydrogens is 236 g/mol. The van der Waals surface area contributed by atoms with Crippen LogP contribution in [0, 0.1) is 0 Å². The Morgan fingerprint density at radius 1 is 1.11 bits per heavy atom. The first-order valence-corrected chi connectivity index (χ1v) is 8.10. The fourth-order valence-electron chi connectivity index (χ4n) is 4.63. The average molecular weight is 266 g/mol. The smallest absolute Gasteiger partial charge is 0.0499 e. The van der Waals surface area contributed by atoms with Crippen LogP contribution in [0.1, 0.15) is 33.1 Å². The van der Waals surface area contributed by atoms with Crippen LogP contribution in [0.4, 0.5) is 0 Å². The summed E-state index contributed by atoms with van der Waals surface area (Å²) in [5, 5.41) is 0. The highest BCUT2D eigenvalue weighted by Gasteiger charge is 2.51. The predicted octanol–water partition coefficient (Wildman–Crippen LogP) is 0.578. The van der Waals surface area contributed by atoms with E-state index < -0.39 is 0 Å². The van der Waals surface area contributed by atoms with E-state index in [9.17, 15) is 0 Å². The van der Waals surface area contributed by atoms with Crippen LogP contribution >= 0.6 is 0 Å². The molecule has 0 aromatic carbocycles. The van der Waals surface area contributed by atoms with Crippen molar-refractivity contribution in [3.8, 4) is 0 Å². The summed E-state index contributed by atoms with van der Waals surface area (Å²) in [5.41, 5.74) is 6.56. The molecule has 0 radical (unpaired) electrons. The lowest BCUT2D eigenvalue weighted by Gasteiger charge is -2.49. The minimum Gasteiger partial charge on any atom is -0.329 e. The molecule has 3 aliphatic heterocycles. The van der Waals surface area contributed by atoms with Crippen LogP contribution in [0.2, 0.25) is 0 Å². The van der Waals surface area contributed by atoms with Crippen molar-refractivity contribution in [1.82, 2.24) is 14.7 Å². The largest absolute Gasteiger partial charge is 0.329 e. The van der Waals surface area contributed by atoms with E-state index in [1.165, 1.54) is 58.5 Å². The molecule has 2 N–H and O–H groups in total. The Morgan fingerprint density at radius 2 is 1.84 bits per heavy atom. The van der Waals surface area contributed by atoms with Crippen LogP contribution in [0.3, 0.4) is 0 Å². The normalized spacial score (nSPS) is 38.2. The number of piperazine rings is 1. The molecule has 4 nitrogen and oxygen atoms in total. The Bertz CT molecular complexity index is 311. The van der Waals surface area contributed by atoms with Gasteiger partial charge in [-0.2, -0.15) is 0 Å². The molecule has 2 unspecified atom stereocenters. The van der Waals surface area contributed by atoms with Crippen molar-refractivity contribution >= 4 is 0 Å². The van der Waals surface area contributed by atoms with Gasteiger partial charge >= 0.3 is 0 Å². The van der Waals surface area contributed by atoms with Crippen molar-refractivity contribution in [2.75, 3.05) is 45.8 Å². The predicted molar refractivity (Wildman–Crippen MR) is 79.3 cm³/mol. The fraction of sp³-hybridized carbons (Fsp3) is 1.00. The molecular formula is C15H30N4. The molecule has 4 heteroatoms. The maximum absolute atomic E-state index is 6.27. The van der Waals surface area contributed by atoms with E-state index >= 15 is 0 Å². The number of hydrogen-bond acceptors (Lipinski definition) is 4. The molecule has 3 aliphatic rings. The highest BCUT2D eigenvalue weighted by atomic mass is 15.4. The molecule has 0 aromatic heterocycles. The summed E-state index contributed by atoms with van der Waals surface area (Å²) in [7, 11) is 0. The van der Waals surface area contributed by atoms with Crippen LogP contribution in [0.25, 0.3) is 0 Å². The minimum absolute atomic E-state index is 0.291. The van der Waals surface area contributed by atoms with Crippen LogP contribution in [0.5, 0.6) is 0 Å². The number of rotatable bonds is 3. The molecule has 0 amide bonds. The average Bonchev–Trinajstić information content (AvgIpc) is 3.01. The van der Waals surface area contributed by atoms with Gasteiger partial charge in [-0.25, -0.2) is 0 Å². The second-order valence-electron chi connectivity index (χ2n) is 6.87. The van der Waals surface area contributed by atoms with E-state index in [1.807, 2.05) is 0 Å². The zero-order valence-corrected chi connectivity index (χ0v) is 12.6. The van der Waals surface area contributed by atoms with E-state index in [0.29, 0.717) is 11.6 Å². The van der Waals surface area contributed by atoms with Crippen molar-refractivity contribution in [1.29, 1.82) is 0 Å². The van der Waals surface area contributed by atoms with Crippen LogP contribution in [-0.4, -0.2) is 78.1 Å². The summed E-state index contributed by atoms with van der Waals surface area (Å²) < 4.78 is 0. The van der Waals surface area contributed by atoms with Gasteiger partial charge in [0.05, 0.1) is 0 Å². The zero-order valence-electron chi connectivity index (χ0n) is 12.6.